The van der Waals surface area contributed by atoms with E-state index < -0.39 is 11.8 Å². The average molecular weight is 352 g/mol. The summed E-state index contributed by atoms with van der Waals surface area (Å²) in [5, 5.41) is 12.1. The lowest BCUT2D eigenvalue weighted by Gasteiger charge is -2.16. The lowest BCUT2D eigenvalue weighted by molar-refractivity contribution is 0.0692. The molecule has 5 heteroatoms. The van der Waals surface area contributed by atoms with Crippen LogP contribution in [0.25, 0.3) is 0 Å². The van der Waals surface area contributed by atoms with Crippen molar-refractivity contribution in [1.29, 1.82) is 0 Å². The molecule has 0 bridgehead atoms. The minimum absolute atomic E-state index is 0.0859. The lowest BCUT2D eigenvalue weighted by Crippen LogP contribution is -2.18. The maximum atomic E-state index is 13.6. The van der Waals surface area contributed by atoms with Crippen LogP contribution in [0.1, 0.15) is 34.5 Å². The molecule has 0 heterocycles. The Balaban J connectivity index is 2.05. The number of halogens is 2. The first-order chi connectivity index (χ1) is 9.99. The van der Waals surface area contributed by atoms with E-state index in [1.807, 2.05) is 31.2 Å². The molecular formula is C16H15BrFNO2. The standard InChI is InChI=1S/C16H15BrFNO2/c1-10(12-4-2-3-5-14(12)17)19-9-11-6-7-13(16(20)21)15(18)8-11/h2-8,10,19H,9H2,1H3,(H,20,21)/t10-/m0/s1. The Bertz CT molecular complexity index is 660. The van der Waals surface area contributed by atoms with Gasteiger partial charge in [0, 0.05) is 17.1 Å². The number of benzene rings is 2. The Kier molecular flexibility index (Phi) is 5.09. The second-order valence-electron chi connectivity index (χ2n) is 4.74. The van der Waals surface area contributed by atoms with Crippen molar-refractivity contribution in [3.63, 3.8) is 0 Å². The number of aromatic carboxylic acids is 1. The van der Waals surface area contributed by atoms with Gasteiger partial charge in [-0.3, -0.25) is 0 Å². The first-order valence-electron chi connectivity index (χ1n) is 6.48. The summed E-state index contributed by atoms with van der Waals surface area (Å²) in [7, 11) is 0. The van der Waals surface area contributed by atoms with E-state index >= 15 is 0 Å². The van der Waals surface area contributed by atoms with Crippen molar-refractivity contribution in [3.05, 3.63) is 69.4 Å². The van der Waals surface area contributed by atoms with Gasteiger partial charge in [-0.05, 0) is 36.2 Å². The highest BCUT2D eigenvalue weighted by molar-refractivity contribution is 9.10. The molecule has 2 aromatic rings. The van der Waals surface area contributed by atoms with Crippen LogP contribution in [0.15, 0.2) is 46.9 Å². The summed E-state index contributed by atoms with van der Waals surface area (Å²) < 4.78 is 14.6. The molecule has 3 nitrogen and oxygen atoms in total. The summed E-state index contributed by atoms with van der Waals surface area (Å²) >= 11 is 3.49. The summed E-state index contributed by atoms with van der Waals surface area (Å²) in [5.41, 5.74) is 1.51. The Morgan fingerprint density at radius 3 is 2.67 bits per heavy atom. The third-order valence-electron chi connectivity index (χ3n) is 3.25. The Morgan fingerprint density at radius 1 is 1.33 bits per heavy atom. The minimum Gasteiger partial charge on any atom is -0.478 e. The minimum atomic E-state index is -1.26. The van der Waals surface area contributed by atoms with E-state index in [1.54, 1.807) is 6.07 Å². The van der Waals surface area contributed by atoms with E-state index in [0.29, 0.717) is 12.1 Å². The van der Waals surface area contributed by atoms with Crippen LogP contribution in [-0.4, -0.2) is 11.1 Å². The van der Waals surface area contributed by atoms with Gasteiger partial charge in [0.1, 0.15) is 5.82 Å². The fourth-order valence-electron chi connectivity index (χ4n) is 2.05. The van der Waals surface area contributed by atoms with Crippen LogP contribution < -0.4 is 5.32 Å². The zero-order valence-corrected chi connectivity index (χ0v) is 13.0. The second-order valence-corrected chi connectivity index (χ2v) is 5.60. The van der Waals surface area contributed by atoms with Crippen LogP contribution in [0.5, 0.6) is 0 Å². The highest BCUT2D eigenvalue weighted by Crippen LogP contribution is 2.23. The van der Waals surface area contributed by atoms with Crippen molar-refractivity contribution >= 4 is 21.9 Å². The molecule has 0 fully saturated rings. The molecule has 0 saturated heterocycles. The molecule has 0 saturated carbocycles. The molecule has 0 unspecified atom stereocenters. The largest absolute Gasteiger partial charge is 0.478 e. The Labute approximate surface area is 130 Å². The van der Waals surface area contributed by atoms with Gasteiger partial charge in [0.25, 0.3) is 0 Å². The fraction of sp³-hybridized carbons (Fsp3) is 0.188. The molecule has 0 amide bonds. The zero-order valence-electron chi connectivity index (χ0n) is 11.4. The molecule has 2 N–H and O–H groups in total. The fourth-order valence-corrected chi connectivity index (χ4v) is 2.68. The van der Waals surface area contributed by atoms with Gasteiger partial charge < -0.3 is 10.4 Å². The maximum absolute atomic E-state index is 13.6. The van der Waals surface area contributed by atoms with Gasteiger partial charge in [0.05, 0.1) is 5.56 Å². The van der Waals surface area contributed by atoms with Crippen molar-refractivity contribution in [1.82, 2.24) is 5.32 Å². The quantitative estimate of drug-likeness (QED) is 0.851. The van der Waals surface area contributed by atoms with Gasteiger partial charge in [-0.1, -0.05) is 40.2 Å². The number of rotatable bonds is 5. The third-order valence-corrected chi connectivity index (χ3v) is 3.97. The van der Waals surface area contributed by atoms with Gasteiger partial charge in [-0.15, -0.1) is 0 Å². The Hall–Kier alpha value is -1.72. The number of carbonyl (C=O) groups is 1. The molecule has 0 radical (unpaired) electrons. The topological polar surface area (TPSA) is 49.3 Å². The molecule has 2 rings (SSSR count). The molecule has 110 valence electrons. The first-order valence-corrected chi connectivity index (χ1v) is 7.28. The number of carboxylic acid groups (broad SMARTS) is 1. The SMILES string of the molecule is C[C@H](NCc1ccc(C(=O)O)c(F)c1)c1ccccc1Br. The van der Waals surface area contributed by atoms with E-state index in [4.69, 9.17) is 5.11 Å². The average Bonchev–Trinajstić information content (AvgIpc) is 2.45. The van der Waals surface area contributed by atoms with Crippen molar-refractivity contribution in [2.45, 2.75) is 19.5 Å². The summed E-state index contributed by atoms with van der Waals surface area (Å²) in [6, 6.07) is 12.1. The van der Waals surface area contributed by atoms with Crippen LogP contribution in [0.3, 0.4) is 0 Å². The van der Waals surface area contributed by atoms with E-state index in [2.05, 4.69) is 21.2 Å². The predicted octanol–water partition coefficient (Wildman–Crippen LogP) is 4.14. The van der Waals surface area contributed by atoms with Crippen molar-refractivity contribution in [2.24, 2.45) is 0 Å². The van der Waals surface area contributed by atoms with Crippen LogP contribution >= 0.6 is 15.9 Å². The number of carboxylic acids is 1. The van der Waals surface area contributed by atoms with Gasteiger partial charge in [-0.2, -0.15) is 0 Å². The third kappa shape index (κ3) is 3.89. The van der Waals surface area contributed by atoms with E-state index in [1.165, 1.54) is 12.1 Å². The summed E-state index contributed by atoms with van der Waals surface area (Å²) in [6.45, 7) is 2.47. The molecule has 0 aliphatic carbocycles. The number of hydrogen-bond donors (Lipinski definition) is 2. The van der Waals surface area contributed by atoms with Crippen LogP contribution in [0.2, 0.25) is 0 Å². The summed E-state index contributed by atoms with van der Waals surface area (Å²) in [6.07, 6.45) is 0. The monoisotopic (exact) mass is 351 g/mol. The molecular weight excluding hydrogens is 337 g/mol. The van der Waals surface area contributed by atoms with Crippen LogP contribution in [0.4, 0.5) is 4.39 Å². The van der Waals surface area contributed by atoms with Crippen LogP contribution in [-0.2, 0) is 6.54 Å². The molecule has 0 spiro atoms. The molecule has 21 heavy (non-hydrogen) atoms. The predicted molar refractivity (Wildman–Crippen MR) is 82.8 cm³/mol. The molecule has 1 atom stereocenters. The maximum Gasteiger partial charge on any atom is 0.338 e. The van der Waals surface area contributed by atoms with Gasteiger partial charge >= 0.3 is 5.97 Å². The van der Waals surface area contributed by atoms with E-state index in [0.717, 1.165) is 10.0 Å². The summed E-state index contributed by atoms with van der Waals surface area (Å²) in [4.78, 5) is 10.8. The summed E-state index contributed by atoms with van der Waals surface area (Å²) in [5.74, 6) is -1.97. The van der Waals surface area contributed by atoms with Crippen LogP contribution in [0, 0.1) is 5.82 Å². The van der Waals surface area contributed by atoms with Gasteiger partial charge in [0.15, 0.2) is 0 Å². The second kappa shape index (κ2) is 6.83. The normalized spacial score (nSPS) is 12.1. The lowest BCUT2D eigenvalue weighted by atomic mass is 10.1. The van der Waals surface area contributed by atoms with Crippen molar-refractivity contribution < 1.29 is 14.3 Å². The Morgan fingerprint density at radius 2 is 2.05 bits per heavy atom. The van der Waals surface area contributed by atoms with Gasteiger partial charge in [0.2, 0.25) is 0 Å². The molecule has 0 aliphatic heterocycles. The number of nitrogens with one attached hydrogen (secondary N) is 1. The molecule has 0 aliphatic rings. The van der Waals surface area contributed by atoms with E-state index in [-0.39, 0.29) is 11.6 Å². The smallest absolute Gasteiger partial charge is 0.338 e. The highest BCUT2D eigenvalue weighted by Gasteiger charge is 2.12. The van der Waals surface area contributed by atoms with E-state index in [9.17, 15) is 9.18 Å². The zero-order chi connectivity index (χ0) is 15.4. The molecule has 2 aromatic carbocycles. The number of hydrogen-bond acceptors (Lipinski definition) is 2. The van der Waals surface area contributed by atoms with Gasteiger partial charge in [-0.25, -0.2) is 9.18 Å². The first kappa shape index (κ1) is 15.7. The highest BCUT2D eigenvalue weighted by atomic mass is 79.9. The molecule has 0 aromatic heterocycles. The van der Waals surface area contributed by atoms with Crippen molar-refractivity contribution in [2.75, 3.05) is 0 Å². The van der Waals surface area contributed by atoms with Crippen molar-refractivity contribution in [3.8, 4) is 0 Å².